The van der Waals surface area contributed by atoms with Gasteiger partial charge in [-0.25, -0.2) is 8.42 Å². The largest absolute Gasteiger partial charge is 0.300 e. The maximum atomic E-state index is 12.6. The van der Waals surface area contributed by atoms with Crippen LogP contribution in [0.5, 0.6) is 0 Å². The van der Waals surface area contributed by atoms with Crippen LogP contribution in [0.25, 0.3) is 0 Å². The van der Waals surface area contributed by atoms with Crippen LogP contribution in [0, 0.1) is 0 Å². The molecule has 19 heavy (non-hydrogen) atoms. The topological polar surface area (TPSA) is 54.5 Å². The molecule has 0 radical (unpaired) electrons. The van der Waals surface area contributed by atoms with Crippen LogP contribution in [0.2, 0.25) is 5.02 Å². The summed E-state index contributed by atoms with van der Waals surface area (Å²) >= 11 is 5.77. The number of nitrogens with zero attached hydrogens (tertiary/aromatic N) is 1. The highest BCUT2D eigenvalue weighted by Crippen LogP contribution is 2.28. The lowest BCUT2D eigenvalue weighted by Crippen LogP contribution is -2.49. The Morgan fingerprint density at radius 1 is 1.11 bits per heavy atom. The lowest BCUT2D eigenvalue weighted by atomic mass is 9.99. The second kappa shape index (κ2) is 5.23. The molecular formula is C13H16ClNO3S. The van der Waals surface area contributed by atoms with Gasteiger partial charge in [-0.15, -0.1) is 0 Å². The Morgan fingerprint density at radius 2 is 1.58 bits per heavy atom. The number of Topliss-reactive ketones (excluding diaryl/α,β-unsaturated/α-hetero) is 1. The number of hydrogen-bond donors (Lipinski definition) is 0. The molecule has 0 spiro atoms. The van der Waals surface area contributed by atoms with Crippen molar-refractivity contribution in [2.75, 3.05) is 0 Å². The summed E-state index contributed by atoms with van der Waals surface area (Å²) in [6, 6.07) is 5.48. The van der Waals surface area contributed by atoms with Gasteiger partial charge in [-0.2, -0.15) is 4.31 Å². The third kappa shape index (κ3) is 2.83. The van der Waals surface area contributed by atoms with E-state index in [0.717, 1.165) is 0 Å². The number of carbonyl (C=O) groups is 1. The summed E-state index contributed by atoms with van der Waals surface area (Å²) in [6.07, 6.45) is 0.550. The second-order valence-corrected chi connectivity index (χ2v) is 7.21. The van der Waals surface area contributed by atoms with Crippen molar-refractivity contribution in [2.45, 2.75) is 43.7 Å². The van der Waals surface area contributed by atoms with Gasteiger partial charge < -0.3 is 0 Å². The molecule has 0 aliphatic carbocycles. The van der Waals surface area contributed by atoms with Crippen molar-refractivity contribution < 1.29 is 13.2 Å². The van der Waals surface area contributed by atoms with Gasteiger partial charge >= 0.3 is 0 Å². The molecule has 104 valence electrons. The van der Waals surface area contributed by atoms with Gasteiger partial charge in [0.05, 0.1) is 4.90 Å². The van der Waals surface area contributed by atoms with Crippen LogP contribution in [0.15, 0.2) is 29.2 Å². The highest BCUT2D eigenvalue weighted by Gasteiger charge is 2.38. The number of piperidine rings is 1. The highest BCUT2D eigenvalue weighted by molar-refractivity contribution is 7.89. The minimum Gasteiger partial charge on any atom is -0.300 e. The molecule has 1 fully saturated rings. The Hall–Kier alpha value is -0.910. The Balaban J connectivity index is 2.38. The molecule has 1 aliphatic rings. The third-order valence-corrected chi connectivity index (χ3v) is 5.70. The van der Waals surface area contributed by atoms with E-state index >= 15 is 0 Å². The fraction of sp³-hybridized carbons (Fsp3) is 0.462. The fourth-order valence-corrected chi connectivity index (χ4v) is 4.50. The van der Waals surface area contributed by atoms with Crippen molar-refractivity contribution in [1.29, 1.82) is 0 Å². The van der Waals surface area contributed by atoms with Gasteiger partial charge in [0.1, 0.15) is 5.78 Å². The molecule has 1 aromatic rings. The Labute approximate surface area is 118 Å². The van der Waals surface area contributed by atoms with E-state index in [0.29, 0.717) is 5.02 Å². The summed E-state index contributed by atoms with van der Waals surface area (Å²) < 4.78 is 26.6. The van der Waals surface area contributed by atoms with Gasteiger partial charge in [0.25, 0.3) is 0 Å². The van der Waals surface area contributed by atoms with E-state index in [1.165, 1.54) is 16.4 Å². The maximum Gasteiger partial charge on any atom is 0.243 e. The first-order chi connectivity index (χ1) is 8.82. The maximum absolute atomic E-state index is 12.6. The van der Waals surface area contributed by atoms with Crippen LogP contribution in [-0.2, 0) is 14.8 Å². The molecule has 1 saturated heterocycles. The van der Waals surface area contributed by atoms with Crippen molar-refractivity contribution >= 4 is 27.4 Å². The molecule has 0 bridgehead atoms. The Bertz CT molecular complexity index is 568. The standard InChI is InChI=1S/C13H16ClNO3S/c1-9-7-12(16)8-10(2)15(9)19(17,18)13-5-3-11(14)4-6-13/h3-6,9-10H,7-8H2,1-2H3/t9-,10+. The van der Waals surface area contributed by atoms with Gasteiger partial charge in [0.2, 0.25) is 10.0 Å². The van der Waals surface area contributed by atoms with E-state index in [2.05, 4.69) is 0 Å². The van der Waals surface area contributed by atoms with Crippen molar-refractivity contribution in [2.24, 2.45) is 0 Å². The van der Waals surface area contributed by atoms with E-state index in [4.69, 9.17) is 11.6 Å². The number of rotatable bonds is 2. The van der Waals surface area contributed by atoms with Crippen LogP contribution in [0.3, 0.4) is 0 Å². The SMILES string of the molecule is C[C@@H]1CC(=O)C[C@H](C)N1S(=O)(=O)c1ccc(Cl)cc1. The van der Waals surface area contributed by atoms with Gasteiger partial charge in [-0.05, 0) is 38.1 Å². The minimum absolute atomic E-state index is 0.113. The second-order valence-electron chi connectivity index (χ2n) is 4.93. The van der Waals surface area contributed by atoms with Gasteiger partial charge in [0, 0.05) is 29.9 Å². The quantitative estimate of drug-likeness (QED) is 0.843. The molecule has 6 heteroatoms. The molecule has 1 aliphatic heterocycles. The van der Waals surface area contributed by atoms with Crippen molar-refractivity contribution in [1.82, 2.24) is 4.31 Å². The monoisotopic (exact) mass is 301 g/mol. The Morgan fingerprint density at radius 3 is 2.05 bits per heavy atom. The summed E-state index contributed by atoms with van der Waals surface area (Å²) in [5.41, 5.74) is 0. The predicted molar refractivity (Wildman–Crippen MR) is 73.6 cm³/mol. The predicted octanol–water partition coefficient (Wildman–Crippen LogP) is 2.47. The molecule has 2 rings (SSSR count). The van der Waals surface area contributed by atoms with Crippen LogP contribution < -0.4 is 0 Å². The van der Waals surface area contributed by atoms with Crippen molar-refractivity contribution in [3.8, 4) is 0 Å². The normalized spacial score (nSPS) is 25.5. The molecule has 2 atom stereocenters. The van der Waals surface area contributed by atoms with E-state index in [-0.39, 0.29) is 35.6 Å². The minimum atomic E-state index is -3.58. The lowest BCUT2D eigenvalue weighted by Gasteiger charge is -2.36. The molecule has 4 nitrogen and oxygen atoms in total. The molecule has 0 unspecified atom stereocenters. The number of benzene rings is 1. The van der Waals surface area contributed by atoms with E-state index < -0.39 is 10.0 Å². The summed E-state index contributed by atoms with van der Waals surface area (Å²) in [5.74, 6) is 0.113. The van der Waals surface area contributed by atoms with Crippen LogP contribution in [0.1, 0.15) is 26.7 Å². The summed E-state index contributed by atoms with van der Waals surface area (Å²) in [6.45, 7) is 3.53. The molecular weight excluding hydrogens is 286 g/mol. The van der Waals surface area contributed by atoms with Crippen LogP contribution in [0.4, 0.5) is 0 Å². The number of ketones is 1. The van der Waals surface area contributed by atoms with Gasteiger partial charge in [-0.3, -0.25) is 4.79 Å². The average molecular weight is 302 g/mol. The molecule has 0 amide bonds. The van der Waals surface area contributed by atoms with E-state index in [1.807, 2.05) is 0 Å². The number of sulfonamides is 1. The van der Waals surface area contributed by atoms with Crippen LogP contribution in [-0.4, -0.2) is 30.6 Å². The van der Waals surface area contributed by atoms with Gasteiger partial charge in [0.15, 0.2) is 0 Å². The van der Waals surface area contributed by atoms with Crippen molar-refractivity contribution in [3.05, 3.63) is 29.3 Å². The summed E-state index contributed by atoms with van der Waals surface area (Å²) in [5, 5.41) is 0.494. The Kier molecular flexibility index (Phi) is 3.99. The summed E-state index contributed by atoms with van der Waals surface area (Å²) in [4.78, 5) is 11.7. The third-order valence-electron chi connectivity index (χ3n) is 3.30. The van der Waals surface area contributed by atoms with E-state index in [1.54, 1.807) is 26.0 Å². The van der Waals surface area contributed by atoms with Gasteiger partial charge in [-0.1, -0.05) is 11.6 Å². The fourth-order valence-electron chi connectivity index (χ4n) is 2.56. The van der Waals surface area contributed by atoms with Crippen molar-refractivity contribution in [3.63, 3.8) is 0 Å². The lowest BCUT2D eigenvalue weighted by molar-refractivity contribution is -0.122. The zero-order valence-corrected chi connectivity index (χ0v) is 12.4. The first-order valence-corrected chi connectivity index (χ1v) is 7.95. The van der Waals surface area contributed by atoms with Crippen LogP contribution >= 0.6 is 11.6 Å². The number of carbonyl (C=O) groups excluding carboxylic acids is 1. The first kappa shape index (κ1) is 14.5. The molecule has 1 heterocycles. The molecule has 0 N–H and O–H groups in total. The molecule has 0 saturated carbocycles. The zero-order valence-electron chi connectivity index (χ0n) is 10.8. The smallest absolute Gasteiger partial charge is 0.243 e. The summed E-state index contributed by atoms with van der Waals surface area (Å²) in [7, 11) is -3.58. The number of hydrogen-bond acceptors (Lipinski definition) is 3. The molecule has 0 aromatic heterocycles. The zero-order chi connectivity index (χ0) is 14.2. The first-order valence-electron chi connectivity index (χ1n) is 6.13. The average Bonchev–Trinajstić information content (AvgIpc) is 2.27. The number of halogens is 1. The molecule has 1 aromatic carbocycles. The van der Waals surface area contributed by atoms with E-state index in [9.17, 15) is 13.2 Å². The highest BCUT2D eigenvalue weighted by atomic mass is 35.5.